The molecule has 74 valence electrons. The third-order valence-electron chi connectivity index (χ3n) is 2.02. The summed E-state index contributed by atoms with van der Waals surface area (Å²) in [7, 11) is 0. The van der Waals surface area contributed by atoms with E-state index in [4.69, 9.17) is 5.73 Å². The molecule has 0 saturated carbocycles. The Balaban J connectivity index is 2.27. The molecule has 3 nitrogen and oxygen atoms in total. The van der Waals surface area contributed by atoms with Crippen molar-refractivity contribution in [1.82, 2.24) is 4.98 Å². The third-order valence-corrected chi connectivity index (χ3v) is 2.98. The van der Waals surface area contributed by atoms with Crippen molar-refractivity contribution in [1.29, 1.82) is 0 Å². The number of hydrogen-bond donors (Lipinski definition) is 2. The molecule has 1 aromatic carbocycles. The van der Waals surface area contributed by atoms with Crippen LogP contribution in [0.4, 0.5) is 5.13 Å². The van der Waals surface area contributed by atoms with Crippen LogP contribution < -0.4 is 11.1 Å². The number of nitrogens with two attached hydrogens (primary N) is 1. The van der Waals surface area contributed by atoms with Crippen LogP contribution in [0.1, 0.15) is 6.92 Å². The number of thiazole rings is 1. The quantitative estimate of drug-likeness (QED) is 0.810. The van der Waals surface area contributed by atoms with Gasteiger partial charge in [0.05, 0.1) is 10.2 Å². The number of benzene rings is 1. The highest BCUT2D eigenvalue weighted by Crippen LogP contribution is 2.25. The Bertz CT molecular complexity index is 391. The Morgan fingerprint density at radius 2 is 2.29 bits per heavy atom. The SMILES string of the molecule is CC(CN)Nc1nc2ccccc2s1. The van der Waals surface area contributed by atoms with Gasteiger partial charge in [-0.05, 0) is 19.1 Å². The van der Waals surface area contributed by atoms with Gasteiger partial charge in [0.2, 0.25) is 0 Å². The van der Waals surface area contributed by atoms with Crippen molar-refractivity contribution >= 4 is 26.7 Å². The molecule has 1 atom stereocenters. The highest BCUT2D eigenvalue weighted by Gasteiger charge is 2.04. The molecule has 0 amide bonds. The second-order valence-electron chi connectivity index (χ2n) is 3.27. The van der Waals surface area contributed by atoms with Gasteiger partial charge in [0.15, 0.2) is 5.13 Å². The summed E-state index contributed by atoms with van der Waals surface area (Å²) < 4.78 is 1.21. The first-order valence-corrected chi connectivity index (χ1v) is 5.43. The molecule has 2 aromatic rings. The lowest BCUT2D eigenvalue weighted by atomic mass is 10.3. The Labute approximate surface area is 87.0 Å². The molecule has 4 heteroatoms. The van der Waals surface area contributed by atoms with E-state index < -0.39 is 0 Å². The van der Waals surface area contributed by atoms with Crippen molar-refractivity contribution in [2.75, 3.05) is 11.9 Å². The summed E-state index contributed by atoms with van der Waals surface area (Å²) in [5.41, 5.74) is 6.57. The van der Waals surface area contributed by atoms with Crippen molar-refractivity contribution in [3.05, 3.63) is 24.3 Å². The lowest BCUT2D eigenvalue weighted by Crippen LogP contribution is -2.24. The molecular formula is C10H13N3S. The lowest BCUT2D eigenvalue weighted by molar-refractivity contribution is 0.803. The Morgan fingerprint density at radius 1 is 1.50 bits per heavy atom. The number of anilines is 1. The van der Waals surface area contributed by atoms with E-state index in [1.54, 1.807) is 11.3 Å². The Hall–Kier alpha value is -1.13. The van der Waals surface area contributed by atoms with E-state index in [9.17, 15) is 0 Å². The zero-order chi connectivity index (χ0) is 9.97. The van der Waals surface area contributed by atoms with Crippen LogP contribution in [0.3, 0.4) is 0 Å². The molecule has 0 spiro atoms. The topological polar surface area (TPSA) is 50.9 Å². The molecule has 0 aliphatic heterocycles. The van der Waals surface area contributed by atoms with Crippen LogP contribution in [-0.2, 0) is 0 Å². The summed E-state index contributed by atoms with van der Waals surface area (Å²) in [6, 6.07) is 8.39. The number of nitrogens with zero attached hydrogens (tertiary/aromatic N) is 1. The Kier molecular flexibility index (Phi) is 2.65. The van der Waals surface area contributed by atoms with Gasteiger partial charge in [0.25, 0.3) is 0 Å². The summed E-state index contributed by atoms with van der Waals surface area (Å²) in [4.78, 5) is 4.45. The zero-order valence-electron chi connectivity index (χ0n) is 8.03. The van der Waals surface area contributed by atoms with Crippen molar-refractivity contribution in [2.45, 2.75) is 13.0 Å². The third kappa shape index (κ3) is 1.86. The molecule has 0 radical (unpaired) electrons. The van der Waals surface area contributed by atoms with Crippen LogP contribution in [0.25, 0.3) is 10.2 Å². The smallest absolute Gasteiger partial charge is 0.184 e. The number of aromatic nitrogens is 1. The van der Waals surface area contributed by atoms with Crippen molar-refractivity contribution in [3.8, 4) is 0 Å². The number of nitrogens with one attached hydrogen (secondary N) is 1. The van der Waals surface area contributed by atoms with E-state index >= 15 is 0 Å². The molecule has 1 heterocycles. The maximum absolute atomic E-state index is 5.53. The zero-order valence-corrected chi connectivity index (χ0v) is 8.84. The molecule has 3 N–H and O–H groups in total. The second-order valence-corrected chi connectivity index (χ2v) is 4.30. The largest absolute Gasteiger partial charge is 0.358 e. The summed E-state index contributed by atoms with van der Waals surface area (Å²) in [5.74, 6) is 0. The highest BCUT2D eigenvalue weighted by atomic mass is 32.1. The molecule has 0 saturated heterocycles. The van der Waals surface area contributed by atoms with E-state index in [2.05, 4.69) is 16.4 Å². The molecule has 14 heavy (non-hydrogen) atoms. The van der Waals surface area contributed by atoms with Gasteiger partial charge in [-0.2, -0.15) is 0 Å². The Morgan fingerprint density at radius 3 is 3.00 bits per heavy atom. The van der Waals surface area contributed by atoms with Crippen molar-refractivity contribution in [3.63, 3.8) is 0 Å². The van der Waals surface area contributed by atoms with Gasteiger partial charge in [0.1, 0.15) is 0 Å². The maximum Gasteiger partial charge on any atom is 0.184 e. The lowest BCUT2D eigenvalue weighted by Gasteiger charge is -2.08. The monoisotopic (exact) mass is 207 g/mol. The number of rotatable bonds is 3. The van der Waals surface area contributed by atoms with Crippen molar-refractivity contribution in [2.24, 2.45) is 5.73 Å². The molecule has 0 fully saturated rings. The summed E-state index contributed by atoms with van der Waals surface area (Å²) in [6.45, 7) is 2.67. The number of para-hydroxylation sites is 1. The number of hydrogen-bond acceptors (Lipinski definition) is 4. The van der Waals surface area contributed by atoms with Gasteiger partial charge >= 0.3 is 0 Å². The van der Waals surface area contributed by atoms with Crippen LogP contribution in [0.2, 0.25) is 0 Å². The van der Waals surface area contributed by atoms with Gasteiger partial charge in [-0.1, -0.05) is 23.5 Å². The molecular weight excluding hydrogens is 194 g/mol. The van der Waals surface area contributed by atoms with Crippen LogP contribution in [-0.4, -0.2) is 17.6 Å². The fraction of sp³-hybridized carbons (Fsp3) is 0.300. The van der Waals surface area contributed by atoms with Crippen LogP contribution in [0.15, 0.2) is 24.3 Å². The maximum atomic E-state index is 5.53. The first-order chi connectivity index (χ1) is 6.79. The molecule has 1 unspecified atom stereocenters. The fourth-order valence-corrected chi connectivity index (χ4v) is 2.18. The van der Waals surface area contributed by atoms with Crippen LogP contribution >= 0.6 is 11.3 Å². The minimum Gasteiger partial charge on any atom is -0.358 e. The molecule has 0 aliphatic rings. The van der Waals surface area contributed by atoms with E-state index in [-0.39, 0.29) is 6.04 Å². The van der Waals surface area contributed by atoms with Gasteiger partial charge in [-0.15, -0.1) is 0 Å². The minimum atomic E-state index is 0.274. The predicted octanol–water partition coefficient (Wildman–Crippen LogP) is 2.06. The minimum absolute atomic E-state index is 0.274. The molecule has 2 rings (SSSR count). The summed E-state index contributed by atoms with van der Waals surface area (Å²) in [5, 5.41) is 4.21. The predicted molar refractivity (Wildman–Crippen MR) is 61.8 cm³/mol. The molecule has 1 aromatic heterocycles. The van der Waals surface area contributed by atoms with Gasteiger partial charge in [-0.3, -0.25) is 0 Å². The van der Waals surface area contributed by atoms with Crippen molar-refractivity contribution < 1.29 is 0 Å². The first-order valence-electron chi connectivity index (χ1n) is 4.62. The standard InChI is InChI=1S/C10H13N3S/c1-7(6-11)12-10-13-8-4-2-3-5-9(8)14-10/h2-5,7H,6,11H2,1H3,(H,12,13). The number of fused-ring (bicyclic) bond motifs is 1. The van der Waals surface area contributed by atoms with Gasteiger partial charge < -0.3 is 11.1 Å². The van der Waals surface area contributed by atoms with Gasteiger partial charge in [-0.25, -0.2) is 4.98 Å². The average Bonchev–Trinajstić information content (AvgIpc) is 2.59. The highest BCUT2D eigenvalue weighted by molar-refractivity contribution is 7.22. The normalized spacial score (nSPS) is 13.0. The fourth-order valence-electron chi connectivity index (χ4n) is 1.20. The summed E-state index contributed by atoms with van der Waals surface area (Å²) in [6.07, 6.45) is 0. The average molecular weight is 207 g/mol. The summed E-state index contributed by atoms with van der Waals surface area (Å²) >= 11 is 1.66. The van der Waals surface area contributed by atoms with E-state index in [0.717, 1.165) is 10.6 Å². The van der Waals surface area contributed by atoms with Crippen LogP contribution in [0, 0.1) is 0 Å². The van der Waals surface area contributed by atoms with E-state index in [1.165, 1.54) is 4.70 Å². The molecule has 0 bridgehead atoms. The second kappa shape index (κ2) is 3.94. The first kappa shape index (κ1) is 9.43. The van der Waals surface area contributed by atoms with E-state index in [1.807, 2.05) is 25.1 Å². The van der Waals surface area contributed by atoms with E-state index in [0.29, 0.717) is 6.54 Å². The van der Waals surface area contributed by atoms with Gasteiger partial charge in [0, 0.05) is 12.6 Å². The van der Waals surface area contributed by atoms with Crippen LogP contribution in [0.5, 0.6) is 0 Å². The molecule has 0 aliphatic carbocycles.